The number of carbonyl (C=O) groups excluding carboxylic acids is 1. The van der Waals surface area contributed by atoms with Gasteiger partial charge in [-0.25, -0.2) is 4.79 Å². The van der Waals surface area contributed by atoms with Gasteiger partial charge in [-0.3, -0.25) is 14.2 Å². The van der Waals surface area contributed by atoms with Gasteiger partial charge in [0.1, 0.15) is 24.8 Å². The minimum Gasteiger partial charge on any atom is -0.481 e. The molecule has 0 bridgehead atoms. The van der Waals surface area contributed by atoms with Crippen LogP contribution in [-0.4, -0.2) is 50.5 Å². The zero-order chi connectivity index (χ0) is 21.2. The molecular weight excluding hydrogens is 382 g/mol. The van der Waals surface area contributed by atoms with Gasteiger partial charge in [0.2, 0.25) is 0 Å². The standard InChI is InChI=1S/C19H29N3O7/c20-15-9-10-22(19(27)21-15)16-11-13(23)14(29-16)12-28-18(26)8-6-4-2-1-3-5-7-17(24)25/h9-10,13-14,16,23H,1-8,11-12H2,(H,24,25)(H2,20,21,27)/t13-,14+,16+/m0/s1. The highest BCUT2D eigenvalue weighted by molar-refractivity contribution is 5.69. The van der Waals surface area contributed by atoms with E-state index in [9.17, 15) is 19.5 Å². The average molecular weight is 411 g/mol. The summed E-state index contributed by atoms with van der Waals surface area (Å²) in [6, 6.07) is 1.47. The van der Waals surface area contributed by atoms with Crippen molar-refractivity contribution in [2.45, 2.75) is 76.2 Å². The molecule has 1 aliphatic rings. The quantitative estimate of drug-likeness (QED) is 0.340. The van der Waals surface area contributed by atoms with E-state index in [1.54, 1.807) is 0 Å². The lowest BCUT2D eigenvalue weighted by atomic mass is 10.1. The molecule has 4 N–H and O–H groups in total. The molecular formula is C19H29N3O7. The van der Waals surface area contributed by atoms with Crippen molar-refractivity contribution >= 4 is 17.8 Å². The summed E-state index contributed by atoms with van der Waals surface area (Å²) in [7, 11) is 0. The van der Waals surface area contributed by atoms with Crippen LogP contribution < -0.4 is 11.4 Å². The summed E-state index contributed by atoms with van der Waals surface area (Å²) in [6.45, 7) is -0.0805. The van der Waals surface area contributed by atoms with Gasteiger partial charge in [0.05, 0.1) is 6.10 Å². The number of ether oxygens (including phenoxy) is 2. The zero-order valence-corrected chi connectivity index (χ0v) is 16.4. The van der Waals surface area contributed by atoms with Crippen molar-refractivity contribution in [1.29, 1.82) is 0 Å². The van der Waals surface area contributed by atoms with Crippen LogP contribution in [-0.2, 0) is 19.1 Å². The third kappa shape index (κ3) is 7.82. The molecule has 1 fully saturated rings. The van der Waals surface area contributed by atoms with Crippen molar-refractivity contribution in [3.63, 3.8) is 0 Å². The molecule has 0 radical (unpaired) electrons. The number of hydrogen-bond acceptors (Lipinski definition) is 8. The molecule has 162 valence electrons. The second-order valence-corrected chi connectivity index (χ2v) is 7.17. The summed E-state index contributed by atoms with van der Waals surface area (Å²) in [6.07, 6.45) is 4.90. The number of aromatic nitrogens is 2. The Morgan fingerprint density at radius 3 is 2.52 bits per heavy atom. The van der Waals surface area contributed by atoms with Crippen molar-refractivity contribution in [3.05, 3.63) is 22.7 Å². The average Bonchev–Trinajstić information content (AvgIpc) is 3.02. The fraction of sp³-hybridized carbons (Fsp3) is 0.684. The van der Waals surface area contributed by atoms with E-state index in [-0.39, 0.29) is 37.7 Å². The number of carboxylic acid groups (broad SMARTS) is 1. The van der Waals surface area contributed by atoms with E-state index in [0.717, 1.165) is 25.7 Å². The second-order valence-electron chi connectivity index (χ2n) is 7.17. The number of aliphatic hydroxyl groups excluding tert-OH is 1. The number of rotatable bonds is 12. The summed E-state index contributed by atoms with van der Waals surface area (Å²) in [5, 5.41) is 18.7. The van der Waals surface area contributed by atoms with E-state index < -0.39 is 30.1 Å². The Hall–Kier alpha value is -2.46. The highest BCUT2D eigenvalue weighted by Crippen LogP contribution is 2.28. The maximum Gasteiger partial charge on any atom is 0.351 e. The topological polar surface area (TPSA) is 154 Å². The summed E-state index contributed by atoms with van der Waals surface area (Å²) in [5.74, 6) is -1.02. The smallest absolute Gasteiger partial charge is 0.351 e. The molecule has 0 saturated carbocycles. The number of carbonyl (C=O) groups is 2. The summed E-state index contributed by atoms with van der Waals surface area (Å²) >= 11 is 0. The van der Waals surface area contributed by atoms with E-state index in [1.807, 2.05) is 0 Å². The monoisotopic (exact) mass is 411 g/mol. The van der Waals surface area contributed by atoms with Crippen LogP contribution >= 0.6 is 0 Å². The van der Waals surface area contributed by atoms with E-state index >= 15 is 0 Å². The van der Waals surface area contributed by atoms with Crippen LogP contribution in [0.4, 0.5) is 5.82 Å². The molecule has 1 saturated heterocycles. The number of aliphatic hydroxyl groups is 1. The van der Waals surface area contributed by atoms with Crippen molar-refractivity contribution in [1.82, 2.24) is 9.55 Å². The first kappa shape index (κ1) is 22.8. The van der Waals surface area contributed by atoms with Gasteiger partial charge in [-0.1, -0.05) is 25.7 Å². The van der Waals surface area contributed by atoms with E-state index in [1.165, 1.54) is 16.8 Å². The van der Waals surface area contributed by atoms with Crippen molar-refractivity contribution in [2.75, 3.05) is 12.3 Å². The Balaban J connectivity index is 1.61. The van der Waals surface area contributed by atoms with E-state index in [2.05, 4.69) is 4.98 Å². The number of aliphatic carboxylic acids is 1. The Bertz CT molecular complexity index is 737. The second kappa shape index (κ2) is 11.5. The highest BCUT2D eigenvalue weighted by atomic mass is 16.6. The van der Waals surface area contributed by atoms with Gasteiger partial charge in [0.25, 0.3) is 0 Å². The molecule has 2 rings (SSSR count). The van der Waals surface area contributed by atoms with Gasteiger partial charge in [-0.15, -0.1) is 0 Å². The lowest BCUT2D eigenvalue weighted by molar-refractivity contribution is -0.150. The van der Waals surface area contributed by atoms with Crippen LogP contribution in [0.25, 0.3) is 0 Å². The maximum atomic E-state index is 11.9. The van der Waals surface area contributed by atoms with Crippen molar-refractivity contribution in [3.8, 4) is 0 Å². The lowest BCUT2D eigenvalue weighted by Crippen LogP contribution is -2.29. The number of esters is 1. The molecule has 10 nitrogen and oxygen atoms in total. The number of nitrogen functional groups attached to an aromatic ring is 1. The Labute approximate surface area is 168 Å². The fourth-order valence-electron chi connectivity index (χ4n) is 3.18. The van der Waals surface area contributed by atoms with Gasteiger partial charge in [-0.05, 0) is 18.9 Å². The molecule has 1 aromatic rings. The molecule has 0 aromatic carbocycles. The van der Waals surface area contributed by atoms with Gasteiger partial charge in [0, 0.05) is 25.5 Å². The molecule has 0 amide bonds. The first-order chi connectivity index (χ1) is 13.9. The van der Waals surface area contributed by atoms with Crippen LogP contribution in [0.3, 0.4) is 0 Å². The van der Waals surface area contributed by atoms with E-state index in [4.69, 9.17) is 20.3 Å². The SMILES string of the molecule is Nc1ccn([C@H]2C[C@H](O)[C@@H](COC(=O)CCCCCCCCC(=O)O)O2)c(=O)n1. The normalized spacial score (nSPS) is 21.2. The third-order valence-electron chi connectivity index (χ3n) is 4.80. The molecule has 10 heteroatoms. The predicted octanol–water partition coefficient (Wildman–Crippen LogP) is 1.22. The van der Waals surface area contributed by atoms with Crippen LogP contribution in [0.1, 0.15) is 64.0 Å². The van der Waals surface area contributed by atoms with Gasteiger partial charge < -0.3 is 25.4 Å². The molecule has 1 aliphatic heterocycles. The van der Waals surface area contributed by atoms with Crippen LogP contribution in [0.15, 0.2) is 17.1 Å². The minimum atomic E-state index is -0.858. The van der Waals surface area contributed by atoms with Crippen molar-refractivity contribution < 1.29 is 29.3 Å². The van der Waals surface area contributed by atoms with Gasteiger partial charge in [0.15, 0.2) is 0 Å². The predicted molar refractivity (Wildman–Crippen MR) is 103 cm³/mol. The third-order valence-corrected chi connectivity index (χ3v) is 4.80. The zero-order valence-electron chi connectivity index (χ0n) is 16.4. The first-order valence-electron chi connectivity index (χ1n) is 9.92. The first-order valence-corrected chi connectivity index (χ1v) is 9.92. The fourth-order valence-corrected chi connectivity index (χ4v) is 3.18. The lowest BCUT2D eigenvalue weighted by Gasteiger charge is -2.16. The Morgan fingerprint density at radius 2 is 1.86 bits per heavy atom. The Kier molecular flexibility index (Phi) is 9.07. The number of hydrogen-bond donors (Lipinski definition) is 3. The maximum absolute atomic E-state index is 11.9. The molecule has 29 heavy (non-hydrogen) atoms. The molecule has 2 heterocycles. The van der Waals surface area contributed by atoms with Crippen LogP contribution in [0, 0.1) is 0 Å². The number of nitrogens with zero attached hydrogens (tertiary/aromatic N) is 2. The number of carboxylic acids is 1. The highest BCUT2D eigenvalue weighted by Gasteiger charge is 2.36. The number of unbranched alkanes of at least 4 members (excludes halogenated alkanes) is 5. The van der Waals surface area contributed by atoms with E-state index in [0.29, 0.717) is 12.8 Å². The molecule has 0 unspecified atom stereocenters. The summed E-state index contributed by atoms with van der Waals surface area (Å²) < 4.78 is 12.1. The number of nitrogens with two attached hydrogens (primary N) is 1. The minimum absolute atomic E-state index is 0.0805. The summed E-state index contributed by atoms with van der Waals surface area (Å²) in [4.78, 5) is 37.8. The van der Waals surface area contributed by atoms with Gasteiger partial charge in [-0.2, -0.15) is 4.98 Å². The molecule has 1 aromatic heterocycles. The van der Waals surface area contributed by atoms with Crippen LogP contribution in [0.5, 0.6) is 0 Å². The van der Waals surface area contributed by atoms with Crippen LogP contribution in [0.2, 0.25) is 0 Å². The molecule has 0 aliphatic carbocycles. The Morgan fingerprint density at radius 1 is 1.21 bits per heavy atom. The van der Waals surface area contributed by atoms with Crippen molar-refractivity contribution in [2.24, 2.45) is 0 Å². The summed E-state index contributed by atoms with van der Waals surface area (Å²) in [5.41, 5.74) is 4.89. The molecule has 3 atom stereocenters. The number of anilines is 1. The van der Waals surface area contributed by atoms with Gasteiger partial charge >= 0.3 is 17.6 Å². The largest absolute Gasteiger partial charge is 0.481 e. The molecule has 0 spiro atoms.